The van der Waals surface area contributed by atoms with E-state index in [-0.39, 0.29) is 11.4 Å². The minimum atomic E-state index is -0.393. The molecule has 0 radical (unpaired) electrons. The molecule has 0 saturated carbocycles. The Morgan fingerprint density at radius 2 is 2.00 bits per heavy atom. The Morgan fingerprint density at radius 3 is 2.42 bits per heavy atom. The van der Waals surface area contributed by atoms with E-state index in [4.69, 9.17) is 5.11 Å². The minimum absolute atomic E-state index is 0.135. The van der Waals surface area contributed by atoms with Crippen LogP contribution in [0.3, 0.4) is 0 Å². The van der Waals surface area contributed by atoms with Gasteiger partial charge in [-0.1, -0.05) is 0 Å². The summed E-state index contributed by atoms with van der Waals surface area (Å²) >= 11 is 0. The lowest BCUT2D eigenvalue weighted by molar-refractivity contribution is 0.314. The molecular weight excluding hydrogens is 156 g/mol. The van der Waals surface area contributed by atoms with Crippen molar-refractivity contribution in [3.8, 4) is 5.88 Å². The van der Waals surface area contributed by atoms with Crippen LogP contribution in [0.2, 0.25) is 0 Å². The van der Waals surface area contributed by atoms with Crippen molar-refractivity contribution in [2.45, 2.75) is 26.3 Å². The van der Waals surface area contributed by atoms with Gasteiger partial charge in [0, 0.05) is 12.1 Å². The van der Waals surface area contributed by atoms with Crippen molar-refractivity contribution < 1.29 is 5.11 Å². The topological polar surface area (TPSA) is 55.1 Å². The largest absolute Gasteiger partial charge is 0.492 e. The third kappa shape index (κ3) is 1.64. The number of hydrogen-bond acceptors (Lipinski definition) is 3. The Hall–Kier alpha value is -1.32. The molecule has 4 nitrogen and oxygen atoms in total. The molecule has 0 amide bonds. The predicted octanol–water partition coefficient (Wildman–Crippen LogP) is 0.704. The van der Waals surface area contributed by atoms with E-state index in [0.29, 0.717) is 0 Å². The van der Waals surface area contributed by atoms with E-state index in [1.54, 1.807) is 0 Å². The first-order valence-corrected chi connectivity index (χ1v) is 3.71. The lowest BCUT2D eigenvalue weighted by Gasteiger charge is -2.19. The lowest BCUT2D eigenvalue weighted by Crippen LogP contribution is -2.35. The van der Waals surface area contributed by atoms with Crippen LogP contribution in [0.15, 0.2) is 16.9 Å². The summed E-state index contributed by atoms with van der Waals surface area (Å²) < 4.78 is 1.25. The third-order valence-corrected chi connectivity index (χ3v) is 1.42. The molecule has 0 aliphatic carbocycles. The SMILES string of the molecule is CC(C)(C)n1nc(O)ccc1=O. The Labute approximate surface area is 70.5 Å². The number of rotatable bonds is 0. The molecule has 12 heavy (non-hydrogen) atoms. The maximum Gasteiger partial charge on any atom is 0.267 e. The molecular formula is C8H12N2O2. The van der Waals surface area contributed by atoms with E-state index in [2.05, 4.69) is 5.10 Å². The molecule has 66 valence electrons. The number of aromatic hydroxyl groups is 1. The molecule has 1 N–H and O–H groups in total. The summed E-state index contributed by atoms with van der Waals surface area (Å²) in [7, 11) is 0. The first-order valence-electron chi connectivity index (χ1n) is 3.71. The van der Waals surface area contributed by atoms with Crippen LogP contribution in [-0.2, 0) is 5.54 Å². The van der Waals surface area contributed by atoms with Crippen LogP contribution in [0.4, 0.5) is 0 Å². The monoisotopic (exact) mass is 168 g/mol. The molecule has 0 aliphatic rings. The van der Waals surface area contributed by atoms with Crippen molar-refractivity contribution in [1.29, 1.82) is 0 Å². The summed E-state index contributed by atoms with van der Waals surface area (Å²) in [6.07, 6.45) is 0. The van der Waals surface area contributed by atoms with Crippen molar-refractivity contribution in [1.82, 2.24) is 9.78 Å². The number of hydrogen-bond donors (Lipinski definition) is 1. The zero-order chi connectivity index (χ0) is 9.35. The summed E-state index contributed by atoms with van der Waals surface area (Å²) in [5.41, 5.74) is -0.601. The highest BCUT2D eigenvalue weighted by atomic mass is 16.3. The predicted molar refractivity (Wildman–Crippen MR) is 45.2 cm³/mol. The van der Waals surface area contributed by atoms with E-state index in [0.717, 1.165) is 0 Å². The Bertz CT molecular complexity index is 336. The van der Waals surface area contributed by atoms with Gasteiger partial charge in [-0.15, -0.1) is 5.10 Å². The van der Waals surface area contributed by atoms with E-state index >= 15 is 0 Å². The van der Waals surface area contributed by atoms with Gasteiger partial charge in [-0.25, -0.2) is 4.68 Å². The normalized spacial score (nSPS) is 11.6. The molecule has 0 atom stereocenters. The summed E-state index contributed by atoms with van der Waals surface area (Å²) in [5, 5.41) is 12.7. The summed E-state index contributed by atoms with van der Waals surface area (Å²) in [6.45, 7) is 5.54. The average molecular weight is 168 g/mol. The van der Waals surface area contributed by atoms with Crippen molar-refractivity contribution >= 4 is 0 Å². The molecule has 1 aromatic heterocycles. The molecule has 0 unspecified atom stereocenters. The Balaban J connectivity index is 3.33. The van der Waals surface area contributed by atoms with Gasteiger partial charge in [0.25, 0.3) is 5.56 Å². The van der Waals surface area contributed by atoms with Crippen molar-refractivity contribution in [3.05, 3.63) is 22.5 Å². The molecule has 0 fully saturated rings. The first-order chi connectivity index (χ1) is 5.41. The highest BCUT2D eigenvalue weighted by Crippen LogP contribution is 2.10. The minimum Gasteiger partial charge on any atom is -0.492 e. The van der Waals surface area contributed by atoms with Crippen LogP contribution in [0.25, 0.3) is 0 Å². The van der Waals surface area contributed by atoms with Gasteiger partial charge >= 0.3 is 0 Å². The average Bonchev–Trinajstić information content (AvgIpc) is 1.92. The maximum absolute atomic E-state index is 11.2. The second-order valence-corrected chi connectivity index (χ2v) is 3.61. The van der Waals surface area contributed by atoms with E-state index < -0.39 is 5.54 Å². The van der Waals surface area contributed by atoms with Crippen LogP contribution >= 0.6 is 0 Å². The molecule has 1 aromatic rings. The molecule has 4 heteroatoms. The zero-order valence-electron chi connectivity index (χ0n) is 7.40. The number of aromatic nitrogens is 2. The standard InChI is InChI=1S/C8H12N2O2/c1-8(2,3)10-7(12)5-4-6(11)9-10/h4-5H,1-3H3,(H,9,11). The smallest absolute Gasteiger partial charge is 0.267 e. The fraction of sp³-hybridized carbons (Fsp3) is 0.500. The Morgan fingerprint density at radius 1 is 1.42 bits per heavy atom. The van der Waals surface area contributed by atoms with Gasteiger partial charge in [-0.3, -0.25) is 4.79 Å². The van der Waals surface area contributed by atoms with Gasteiger partial charge in [-0.05, 0) is 20.8 Å². The highest BCUT2D eigenvalue weighted by Gasteiger charge is 2.15. The first kappa shape index (κ1) is 8.77. The van der Waals surface area contributed by atoms with Gasteiger partial charge in [0.1, 0.15) is 0 Å². The summed E-state index contributed by atoms with van der Waals surface area (Å²) in [5.74, 6) is -0.135. The molecule has 1 heterocycles. The van der Waals surface area contributed by atoms with Crippen molar-refractivity contribution in [3.63, 3.8) is 0 Å². The molecule has 0 aliphatic heterocycles. The summed E-state index contributed by atoms with van der Waals surface area (Å²) in [4.78, 5) is 11.2. The lowest BCUT2D eigenvalue weighted by atomic mass is 10.1. The van der Waals surface area contributed by atoms with Crippen LogP contribution in [0, 0.1) is 0 Å². The van der Waals surface area contributed by atoms with E-state index in [9.17, 15) is 4.79 Å². The Kier molecular flexibility index (Phi) is 1.92. The molecule has 0 spiro atoms. The number of nitrogens with zero attached hydrogens (tertiary/aromatic N) is 2. The van der Waals surface area contributed by atoms with E-state index in [1.807, 2.05) is 20.8 Å². The summed E-state index contributed by atoms with van der Waals surface area (Å²) in [6, 6.07) is 2.58. The fourth-order valence-electron chi connectivity index (χ4n) is 0.882. The van der Waals surface area contributed by atoms with Gasteiger partial charge in [0.15, 0.2) is 0 Å². The second-order valence-electron chi connectivity index (χ2n) is 3.61. The van der Waals surface area contributed by atoms with Gasteiger partial charge in [0.05, 0.1) is 5.54 Å². The molecule has 0 aromatic carbocycles. The van der Waals surface area contributed by atoms with Gasteiger partial charge in [-0.2, -0.15) is 0 Å². The van der Waals surface area contributed by atoms with Crippen molar-refractivity contribution in [2.24, 2.45) is 0 Å². The maximum atomic E-state index is 11.2. The second kappa shape index (κ2) is 2.62. The molecule has 0 bridgehead atoms. The van der Waals surface area contributed by atoms with Crippen LogP contribution in [-0.4, -0.2) is 14.9 Å². The fourth-order valence-corrected chi connectivity index (χ4v) is 0.882. The molecule has 0 saturated heterocycles. The van der Waals surface area contributed by atoms with Crippen LogP contribution < -0.4 is 5.56 Å². The third-order valence-electron chi connectivity index (χ3n) is 1.42. The highest BCUT2D eigenvalue weighted by molar-refractivity contribution is 5.04. The zero-order valence-corrected chi connectivity index (χ0v) is 7.40. The van der Waals surface area contributed by atoms with Crippen molar-refractivity contribution in [2.75, 3.05) is 0 Å². The molecule has 1 rings (SSSR count). The van der Waals surface area contributed by atoms with Gasteiger partial charge < -0.3 is 5.11 Å². The van der Waals surface area contributed by atoms with Gasteiger partial charge in [0.2, 0.25) is 5.88 Å². The van der Waals surface area contributed by atoms with Crippen LogP contribution in [0.1, 0.15) is 20.8 Å². The quantitative estimate of drug-likeness (QED) is 0.620. The van der Waals surface area contributed by atoms with Crippen LogP contribution in [0.5, 0.6) is 5.88 Å². The van der Waals surface area contributed by atoms with E-state index in [1.165, 1.54) is 16.8 Å².